The molecule has 2 aromatic heterocycles. The van der Waals surface area contributed by atoms with Crippen molar-refractivity contribution in [3.05, 3.63) is 35.0 Å². The van der Waals surface area contributed by atoms with Crippen molar-refractivity contribution in [2.75, 3.05) is 35.7 Å². The van der Waals surface area contributed by atoms with Crippen molar-refractivity contribution >= 4 is 39.7 Å². The summed E-state index contributed by atoms with van der Waals surface area (Å²) in [6.45, 7) is 1.43. The highest BCUT2D eigenvalue weighted by molar-refractivity contribution is 7.85. The molecule has 0 spiro atoms. The van der Waals surface area contributed by atoms with Crippen molar-refractivity contribution in [2.45, 2.75) is 42.5 Å². The molecule has 2 aliphatic heterocycles. The molecule has 2 aromatic rings. The largest absolute Gasteiger partial charge is 0.394 e. The molecule has 0 unspecified atom stereocenters. The quantitative estimate of drug-likeness (QED) is 0.720. The zero-order valence-electron chi connectivity index (χ0n) is 16.5. The number of halogens is 1. The van der Waals surface area contributed by atoms with Crippen molar-refractivity contribution in [3.8, 4) is 0 Å². The SMILES string of the molecule is O=[S@@]1CCc2nc(N3CC=C(c4ncc(Cl)cn4)CC3)nc(NC3(CO)CCC3)c21. The Morgan fingerprint density at radius 2 is 2.03 bits per heavy atom. The maximum absolute atomic E-state index is 12.6. The molecule has 5 rings (SSSR count). The number of fused-ring (bicyclic) bond motifs is 1. The number of aliphatic hydroxyl groups excluding tert-OH is 1. The van der Waals surface area contributed by atoms with Crippen LogP contribution in [0.3, 0.4) is 0 Å². The number of rotatable bonds is 5. The van der Waals surface area contributed by atoms with Crippen LogP contribution in [0.4, 0.5) is 11.8 Å². The summed E-state index contributed by atoms with van der Waals surface area (Å²) in [5.41, 5.74) is 1.58. The Morgan fingerprint density at radius 1 is 1.23 bits per heavy atom. The fraction of sp³-hybridized carbons (Fsp3) is 0.500. The summed E-state index contributed by atoms with van der Waals surface area (Å²) in [6.07, 6.45) is 9.62. The van der Waals surface area contributed by atoms with Gasteiger partial charge in [0.1, 0.15) is 10.7 Å². The molecule has 1 atom stereocenters. The van der Waals surface area contributed by atoms with Gasteiger partial charge in [-0.25, -0.2) is 15.0 Å². The standard InChI is InChI=1S/C20H23ClN6O2S/c21-14-10-22-17(23-11-14)13-2-7-27(8-3-13)19-24-15-4-9-30(29)16(15)18(25-19)26-20(12-28)5-1-6-20/h2,10-11,28H,1,3-9,12H2,(H,24,25,26)/t30-/m1/s1. The van der Waals surface area contributed by atoms with Crippen LogP contribution in [0.2, 0.25) is 5.02 Å². The Balaban J connectivity index is 1.42. The molecule has 0 saturated heterocycles. The van der Waals surface area contributed by atoms with E-state index in [1.807, 2.05) is 0 Å². The normalized spacial score (nSPS) is 22.3. The number of aryl methyl sites for hydroxylation is 1. The maximum atomic E-state index is 12.6. The van der Waals surface area contributed by atoms with E-state index in [-0.39, 0.29) is 12.1 Å². The fourth-order valence-electron chi connectivity index (χ4n) is 4.12. The van der Waals surface area contributed by atoms with Gasteiger partial charge in [0.2, 0.25) is 5.95 Å². The highest BCUT2D eigenvalue weighted by Gasteiger charge is 2.39. The second-order valence-electron chi connectivity index (χ2n) is 8.01. The number of nitrogens with one attached hydrogen (secondary N) is 1. The first-order valence-corrected chi connectivity index (χ1v) is 11.9. The molecular formula is C20H23ClN6O2S. The van der Waals surface area contributed by atoms with Gasteiger partial charge in [0.25, 0.3) is 0 Å². The third-order valence-corrected chi connectivity index (χ3v) is 7.73. The van der Waals surface area contributed by atoms with E-state index in [9.17, 15) is 9.32 Å². The molecular weight excluding hydrogens is 424 g/mol. The number of aliphatic hydroxyl groups is 1. The number of aromatic nitrogens is 4. The monoisotopic (exact) mass is 446 g/mol. The van der Waals surface area contributed by atoms with Crippen LogP contribution in [-0.4, -0.2) is 60.2 Å². The highest BCUT2D eigenvalue weighted by Crippen LogP contribution is 2.38. The second-order valence-corrected chi connectivity index (χ2v) is 9.96. The number of anilines is 2. The first-order chi connectivity index (χ1) is 14.6. The topological polar surface area (TPSA) is 104 Å². The van der Waals surface area contributed by atoms with Crippen molar-refractivity contribution in [1.29, 1.82) is 0 Å². The van der Waals surface area contributed by atoms with Gasteiger partial charge in [-0.3, -0.25) is 4.21 Å². The summed E-state index contributed by atoms with van der Waals surface area (Å²) in [5.74, 6) is 2.53. The van der Waals surface area contributed by atoms with Crippen LogP contribution in [0.15, 0.2) is 23.4 Å². The average molecular weight is 447 g/mol. The zero-order valence-corrected chi connectivity index (χ0v) is 18.0. The molecule has 2 N–H and O–H groups in total. The Hall–Kier alpha value is -2.10. The molecule has 8 nitrogen and oxygen atoms in total. The first kappa shape index (κ1) is 19.8. The molecule has 0 radical (unpaired) electrons. The van der Waals surface area contributed by atoms with E-state index in [1.165, 1.54) is 0 Å². The lowest BCUT2D eigenvalue weighted by molar-refractivity contribution is 0.143. The van der Waals surface area contributed by atoms with E-state index in [1.54, 1.807) is 12.4 Å². The van der Waals surface area contributed by atoms with Crippen molar-refractivity contribution in [2.24, 2.45) is 0 Å². The molecule has 1 aliphatic carbocycles. The summed E-state index contributed by atoms with van der Waals surface area (Å²) in [4.78, 5) is 20.9. The summed E-state index contributed by atoms with van der Waals surface area (Å²) in [6, 6.07) is 0. The van der Waals surface area contributed by atoms with E-state index >= 15 is 0 Å². The van der Waals surface area contributed by atoms with Gasteiger partial charge in [-0.15, -0.1) is 0 Å². The van der Waals surface area contributed by atoms with Gasteiger partial charge in [0, 0.05) is 37.7 Å². The Morgan fingerprint density at radius 3 is 2.67 bits per heavy atom. The average Bonchev–Trinajstić information content (AvgIpc) is 3.12. The van der Waals surface area contributed by atoms with E-state index in [4.69, 9.17) is 21.6 Å². The molecule has 1 fully saturated rings. The molecule has 3 aliphatic rings. The van der Waals surface area contributed by atoms with Crippen LogP contribution in [0, 0.1) is 0 Å². The van der Waals surface area contributed by atoms with Gasteiger partial charge in [-0.05, 0) is 31.3 Å². The van der Waals surface area contributed by atoms with Crippen LogP contribution < -0.4 is 10.2 Å². The Labute approximate surface area is 182 Å². The lowest BCUT2D eigenvalue weighted by Gasteiger charge is -2.41. The van der Waals surface area contributed by atoms with Crippen molar-refractivity contribution in [3.63, 3.8) is 0 Å². The van der Waals surface area contributed by atoms with Gasteiger partial charge < -0.3 is 15.3 Å². The second kappa shape index (κ2) is 7.86. The molecule has 1 saturated carbocycles. The number of nitrogens with zero attached hydrogens (tertiary/aromatic N) is 5. The van der Waals surface area contributed by atoms with Crippen LogP contribution in [0.25, 0.3) is 5.57 Å². The lowest BCUT2D eigenvalue weighted by Crippen LogP contribution is -2.48. The highest BCUT2D eigenvalue weighted by atomic mass is 35.5. The summed E-state index contributed by atoms with van der Waals surface area (Å²) in [5, 5.41) is 13.8. The van der Waals surface area contributed by atoms with E-state index in [2.05, 4.69) is 26.3 Å². The Kier molecular flexibility index (Phi) is 5.20. The molecule has 30 heavy (non-hydrogen) atoms. The maximum Gasteiger partial charge on any atom is 0.227 e. The van der Waals surface area contributed by atoms with Gasteiger partial charge in [0.15, 0.2) is 5.82 Å². The van der Waals surface area contributed by atoms with Crippen LogP contribution in [0.5, 0.6) is 0 Å². The van der Waals surface area contributed by atoms with Crippen molar-refractivity contribution < 1.29 is 9.32 Å². The van der Waals surface area contributed by atoms with Gasteiger partial charge in [0.05, 0.1) is 33.7 Å². The van der Waals surface area contributed by atoms with Crippen LogP contribution in [-0.2, 0) is 17.2 Å². The predicted octanol–water partition coefficient (Wildman–Crippen LogP) is 2.20. The van der Waals surface area contributed by atoms with Gasteiger partial charge in [-0.1, -0.05) is 17.7 Å². The predicted molar refractivity (Wildman–Crippen MR) is 116 cm³/mol. The minimum atomic E-state index is -1.10. The van der Waals surface area contributed by atoms with Gasteiger partial charge >= 0.3 is 0 Å². The number of hydrogen-bond acceptors (Lipinski definition) is 8. The van der Waals surface area contributed by atoms with Gasteiger partial charge in [-0.2, -0.15) is 4.98 Å². The Bertz CT molecular complexity index is 1020. The minimum Gasteiger partial charge on any atom is -0.394 e. The summed E-state index contributed by atoms with van der Waals surface area (Å²) >= 11 is 5.88. The van der Waals surface area contributed by atoms with Crippen molar-refractivity contribution in [1.82, 2.24) is 19.9 Å². The van der Waals surface area contributed by atoms with Crippen LogP contribution in [0.1, 0.15) is 37.2 Å². The zero-order chi connectivity index (χ0) is 20.7. The molecule has 0 aromatic carbocycles. The minimum absolute atomic E-state index is 0.0463. The molecule has 0 amide bonds. The summed E-state index contributed by atoms with van der Waals surface area (Å²) < 4.78 is 12.6. The van der Waals surface area contributed by atoms with Crippen LogP contribution >= 0.6 is 11.6 Å². The molecule has 158 valence electrons. The first-order valence-electron chi connectivity index (χ1n) is 10.2. The molecule has 4 heterocycles. The van der Waals surface area contributed by atoms with E-state index in [0.717, 1.165) is 43.5 Å². The van der Waals surface area contributed by atoms with E-state index in [0.29, 0.717) is 46.2 Å². The van der Waals surface area contributed by atoms with E-state index < -0.39 is 10.8 Å². The fourth-order valence-corrected chi connectivity index (χ4v) is 5.52. The summed E-state index contributed by atoms with van der Waals surface area (Å²) in [7, 11) is -1.10. The third-order valence-electron chi connectivity index (χ3n) is 6.07. The number of hydrogen-bond donors (Lipinski definition) is 2. The lowest BCUT2D eigenvalue weighted by atomic mass is 9.77. The third kappa shape index (κ3) is 3.59. The smallest absolute Gasteiger partial charge is 0.227 e. The molecule has 10 heteroatoms. The molecule has 0 bridgehead atoms.